The first-order valence-corrected chi connectivity index (χ1v) is 7.27. The summed E-state index contributed by atoms with van der Waals surface area (Å²) in [5.74, 6) is -0.922. The van der Waals surface area contributed by atoms with Gasteiger partial charge in [-0.05, 0) is 55.9 Å². The average molecular weight is 283 g/mol. The van der Waals surface area contributed by atoms with Crippen LogP contribution in [0.3, 0.4) is 0 Å². The number of carbonyl (C=O) groups is 1. The molecule has 1 heterocycles. The molecule has 106 valence electrons. The summed E-state index contributed by atoms with van der Waals surface area (Å²) >= 11 is 1.65. The molecule has 0 atom stereocenters. The lowest BCUT2D eigenvalue weighted by molar-refractivity contribution is -0.131. The highest BCUT2D eigenvalue weighted by Gasteiger charge is 2.03. The largest absolute Gasteiger partial charge is 0.478 e. The molecule has 1 aromatic rings. The van der Waals surface area contributed by atoms with Crippen molar-refractivity contribution in [2.24, 2.45) is 0 Å². The Hall–Kier alpha value is -1.17. The van der Waals surface area contributed by atoms with Gasteiger partial charge in [0.15, 0.2) is 0 Å². The third-order valence-corrected chi connectivity index (χ3v) is 3.66. The van der Waals surface area contributed by atoms with E-state index in [1.807, 2.05) is 11.4 Å². The minimum absolute atomic E-state index is 0.272. The number of rotatable bonds is 9. The zero-order chi connectivity index (χ0) is 14.1. The van der Waals surface area contributed by atoms with Crippen LogP contribution in [0.2, 0.25) is 0 Å². The first-order chi connectivity index (χ1) is 9.11. The van der Waals surface area contributed by atoms with Gasteiger partial charge in [0, 0.05) is 24.1 Å². The molecule has 0 saturated carbocycles. The highest BCUT2D eigenvalue weighted by molar-refractivity contribution is 7.10. The number of hydrogen-bond acceptors (Lipinski definition) is 4. The van der Waals surface area contributed by atoms with Gasteiger partial charge in [-0.25, -0.2) is 4.79 Å². The Balaban J connectivity index is 2.34. The van der Waals surface area contributed by atoms with Crippen LogP contribution in [-0.2, 0) is 11.3 Å². The third kappa shape index (κ3) is 7.10. The number of aliphatic hydroxyl groups is 1. The summed E-state index contributed by atoms with van der Waals surface area (Å²) in [5.41, 5.74) is 0.941. The zero-order valence-corrected chi connectivity index (χ0v) is 12.0. The van der Waals surface area contributed by atoms with Gasteiger partial charge in [0.2, 0.25) is 0 Å². The molecule has 0 saturated heterocycles. The van der Waals surface area contributed by atoms with E-state index in [9.17, 15) is 4.79 Å². The molecule has 19 heavy (non-hydrogen) atoms. The van der Waals surface area contributed by atoms with E-state index in [4.69, 9.17) is 10.2 Å². The molecule has 0 aliphatic carbocycles. The minimum Gasteiger partial charge on any atom is -0.478 e. The first-order valence-electron chi connectivity index (χ1n) is 6.39. The van der Waals surface area contributed by atoms with E-state index in [1.165, 1.54) is 4.88 Å². The molecule has 0 radical (unpaired) electrons. The van der Waals surface area contributed by atoms with E-state index in [2.05, 4.69) is 11.9 Å². The molecule has 0 aliphatic rings. The Morgan fingerprint density at radius 3 is 2.89 bits per heavy atom. The number of aliphatic hydroxyl groups excluding tert-OH is 1. The molecule has 0 bridgehead atoms. The number of hydrogen-bond donors (Lipinski definition) is 2. The Morgan fingerprint density at radius 2 is 2.21 bits per heavy atom. The Bertz CT molecular complexity index is 415. The lowest BCUT2D eigenvalue weighted by atomic mass is 10.2. The molecule has 1 aromatic heterocycles. The molecule has 0 unspecified atom stereocenters. The van der Waals surface area contributed by atoms with Gasteiger partial charge in [0.25, 0.3) is 0 Å². The van der Waals surface area contributed by atoms with E-state index >= 15 is 0 Å². The van der Waals surface area contributed by atoms with Gasteiger partial charge >= 0.3 is 5.97 Å². The number of aliphatic carboxylic acids is 1. The quantitative estimate of drug-likeness (QED) is 0.540. The molecule has 0 spiro atoms. The molecule has 5 heteroatoms. The molecule has 0 fully saturated rings. The van der Waals surface area contributed by atoms with Crippen LogP contribution in [-0.4, -0.2) is 41.3 Å². The van der Waals surface area contributed by atoms with Gasteiger partial charge < -0.3 is 15.1 Å². The smallest absolute Gasteiger partial charge is 0.328 e. The fourth-order valence-corrected chi connectivity index (χ4v) is 2.68. The Labute approximate surface area is 118 Å². The van der Waals surface area contributed by atoms with Crippen LogP contribution < -0.4 is 0 Å². The van der Waals surface area contributed by atoms with Crippen molar-refractivity contribution in [3.63, 3.8) is 0 Å². The maximum absolute atomic E-state index is 10.4. The summed E-state index contributed by atoms with van der Waals surface area (Å²) in [4.78, 5) is 13.9. The second kappa shape index (κ2) is 8.85. The van der Waals surface area contributed by atoms with Crippen LogP contribution >= 0.6 is 11.3 Å². The van der Waals surface area contributed by atoms with E-state index < -0.39 is 5.97 Å². The second-order valence-electron chi connectivity index (χ2n) is 4.54. The summed E-state index contributed by atoms with van der Waals surface area (Å²) in [7, 11) is 2.07. The van der Waals surface area contributed by atoms with Gasteiger partial charge in [-0.1, -0.05) is 0 Å². The highest BCUT2D eigenvalue weighted by Crippen LogP contribution is 2.17. The Morgan fingerprint density at radius 1 is 1.42 bits per heavy atom. The normalized spacial score (nSPS) is 11.5. The summed E-state index contributed by atoms with van der Waals surface area (Å²) < 4.78 is 0. The standard InChI is InChI=1S/C14H21NO3S/c1-15(7-3-2-4-8-16)10-13-9-12(11-19-13)5-6-14(17)18/h5-6,9,11,16H,2-4,7-8,10H2,1H3,(H,17,18)/b6-5+. The zero-order valence-electron chi connectivity index (χ0n) is 11.2. The summed E-state index contributed by atoms with van der Waals surface area (Å²) in [6.45, 7) is 2.16. The lowest BCUT2D eigenvalue weighted by Gasteiger charge is -2.14. The predicted molar refractivity (Wildman–Crippen MR) is 78.3 cm³/mol. The van der Waals surface area contributed by atoms with Crippen LogP contribution in [0.4, 0.5) is 0 Å². The van der Waals surface area contributed by atoms with Gasteiger partial charge in [0.05, 0.1) is 0 Å². The van der Waals surface area contributed by atoms with E-state index in [1.54, 1.807) is 17.4 Å². The molecular formula is C14H21NO3S. The number of unbranched alkanes of at least 4 members (excludes halogenated alkanes) is 2. The number of thiophene rings is 1. The highest BCUT2D eigenvalue weighted by atomic mass is 32.1. The van der Waals surface area contributed by atoms with Gasteiger partial charge in [-0.2, -0.15) is 0 Å². The number of carboxylic acids is 1. The fraction of sp³-hybridized carbons (Fsp3) is 0.500. The monoisotopic (exact) mass is 283 g/mol. The van der Waals surface area contributed by atoms with Crippen molar-refractivity contribution in [3.8, 4) is 0 Å². The van der Waals surface area contributed by atoms with Crippen molar-refractivity contribution in [3.05, 3.63) is 28.0 Å². The Kier molecular flexibility index (Phi) is 7.40. The van der Waals surface area contributed by atoms with Gasteiger partial charge in [-0.3, -0.25) is 0 Å². The van der Waals surface area contributed by atoms with Gasteiger partial charge in [0.1, 0.15) is 0 Å². The summed E-state index contributed by atoms with van der Waals surface area (Å²) in [6.07, 6.45) is 5.79. The number of carboxylic acid groups (broad SMARTS) is 1. The summed E-state index contributed by atoms with van der Waals surface area (Å²) in [6, 6.07) is 2.02. The topological polar surface area (TPSA) is 60.8 Å². The second-order valence-corrected chi connectivity index (χ2v) is 5.54. The molecule has 4 nitrogen and oxygen atoms in total. The van der Waals surface area contributed by atoms with Crippen LogP contribution in [0.25, 0.3) is 6.08 Å². The minimum atomic E-state index is -0.922. The molecule has 2 N–H and O–H groups in total. The van der Waals surface area contributed by atoms with Crippen LogP contribution in [0.15, 0.2) is 17.5 Å². The van der Waals surface area contributed by atoms with Crippen LogP contribution in [0.5, 0.6) is 0 Å². The maximum atomic E-state index is 10.4. The van der Waals surface area contributed by atoms with Crippen molar-refractivity contribution < 1.29 is 15.0 Å². The molecule has 0 amide bonds. The maximum Gasteiger partial charge on any atom is 0.328 e. The molecule has 0 aromatic carbocycles. The molecule has 1 rings (SSSR count). The van der Waals surface area contributed by atoms with Crippen molar-refractivity contribution in [2.75, 3.05) is 20.2 Å². The lowest BCUT2D eigenvalue weighted by Crippen LogP contribution is -2.18. The number of nitrogens with zero attached hydrogens (tertiary/aromatic N) is 1. The van der Waals surface area contributed by atoms with Crippen molar-refractivity contribution in [1.29, 1.82) is 0 Å². The van der Waals surface area contributed by atoms with E-state index in [-0.39, 0.29) is 6.61 Å². The third-order valence-electron chi connectivity index (χ3n) is 2.72. The summed E-state index contributed by atoms with van der Waals surface area (Å²) in [5, 5.41) is 19.2. The van der Waals surface area contributed by atoms with Crippen LogP contribution in [0.1, 0.15) is 29.7 Å². The van der Waals surface area contributed by atoms with Crippen LogP contribution in [0, 0.1) is 0 Å². The first kappa shape index (κ1) is 15.9. The molecule has 0 aliphatic heterocycles. The average Bonchev–Trinajstić information content (AvgIpc) is 2.80. The van der Waals surface area contributed by atoms with Crippen molar-refractivity contribution >= 4 is 23.4 Å². The fourth-order valence-electron chi connectivity index (χ4n) is 1.75. The van der Waals surface area contributed by atoms with E-state index in [0.29, 0.717) is 0 Å². The SMILES string of the molecule is CN(CCCCCO)Cc1cc(/C=C/C(=O)O)cs1. The molecular weight excluding hydrogens is 262 g/mol. The predicted octanol–water partition coefficient (Wildman–Crippen LogP) is 2.44. The van der Waals surface area contributed by atoms with E-state index in [0.717, 1.165) is 44.0 Å². The van der Waals surface area contributed by atoms with Gasteiger partial charge in [-0.15, -0.1) is 11.3 Å². The van der Waals surface area contributed by atoms with Crippen molar-refractivity contribution in [2.45, 2.75) is 25.8 Å². The van der Waals surface area contributed by atoms with Crippen molar-refractivity contribution in [1.82, 2.24) is 4.90 Å².